The number of fused-ring (bicyclic) bond motifs is 1. The summed E-state index contributed by atoms with van der Waals surface area (Å²) in [6, 6.07) is 16.9. The Morgan fingerprint density at radius 1 is 1.07 bits per heavy atom. The highest BCUT2D eigenvalue weighted by atomic mass is 16.5. The zero-order valence-electron chi connectivity index (χ0n) is 16.7. The summed E-state index contributed by atoms with van der Waals surface area (Å²) in [5.41, 5.74) is 3.48. The van der Waals surface area contributed by atoms with E-state index in [1.165, 1.54) is 18.4 Å². The summed E-state index contributed by atoms with van der Waals surface area (Å²) in [7, 11) is 1.69. The molecule has 2 fully saturated rings. The van der Waals surface area contributed by atoms with Crippen LogP contribution in [-0.2, 0) is 9.53 Å². The van der Waals surface area contributed by atoms with Crippen LogP contribution in [0.25, 0.3) is 11.1 Å². The fraction of sp³-hybridized carbons (Fsp3) is 0.458. The number of hydrogen-bond acceptors (Lipinski definition) is 3. The van der Waals surface area contributed by atoms with Crippen LogP contribution in [0.3, 0.4) is 0 Å². The minimum Gasteiger partial charge on any atom is -0.497 e. The van der Waals surface area contributed by atoms with Crippen molar-refractivity contribution in [1.82, 2.24) is 5.32 Å². The Morgan fingerprint density at radius 2 is 1.86 bits per heavy atom. The van der Waals surface area contributed by atoms with E-state index in [0.29, 0.717) is 5.92 Å². The van der Waals surface area contributed by atoms with E-state index in [9.17, 15) is 4.79 Å². The third-order valence-electron chi connectivity index (χ3n) is 6.15. The van der Waals surface area contributed by atoms with Gasteiger partial charge in [-0.05, 0) is 48.1 Å². The van der Waals surface area contributed by atoms with E-state index in [1.54, 1.807) is 14.0 Å². The van der Waals surface area contributed by atoms with E-state index in [1.807, 2.05) is 18.2 Å². The van der Waals surface area contributed by atoms with E-state index in [-0.39, 0.29) is 24.2 Å². The molecule has 1 heterocycles. The van der Waals surface area contributed by atoms with E-state index in [4.69, 9.17) is 9.47 Å². The van der Waals surface area contributed by atoms with Crippen LogP contribution in [0.2, 0.25) is 0 Å². The molecule has 0 radical (unpaired) electrons. The lowest BCUT2D eigenvalue weighted by molar-refractivity contribution is -0.131. The molecule has 1 aliphatic carbocycles. The number of benzene rings is 2. The summed E-state index contributed by atoms with van der Waals surface area (Å²) in [6.07, 6.45) is 5.84. The Hall–Kier alpha value is -2.33. The van der Waals surface area contributed by atoms with Gasteiger partial charge in [-0.3, -0.25) is 4.79 Å². The normalized spacial score (nSPS) is 26.9. The van der Waals surface area contributed by atoms with Crippen molar-refractivity contribution in [3.05, 3.63) is 54.1 Å². The average molecular weight is 380 g/mol. The fourth-order valence-electron chi connectivity index (χ4n) is 4.76. The molecule has 2 aromatic carbocycles. The molecule has 4 rings (SSSR count). The first-order chi connectivity index (χ1) is 13.6. The molecule has 0 spiro atoms. The maximum atomic E-state index is 11.7. The largest absolute Gasteiger partial charge is 0.497 e. The number of carbonyl (C=O) groups is 1. The quantitative estimate of drug-likeness (QED) is 0.823. The van der Waals surface area contributed by atoms with Gasteiger partial charge in [-0.1, -0.05) is 49.2 Å². The summed E-state index contributed by atoms with van der Waals surface area (Å²) < 4.78 is 11.8. The zero-order valence-corrected chi connectivity index (χ0v) is 16.7. The SMILES string of the molecule is COc1cccc(-c2ccc([C@H]3C[C@@H](NC(C)=O)[C@@H]4CCCC[C@H]4O3)cc2)c1. The first kappa shape index (κ1) is 19.0. The Bertz CT molecular complexity index is 817. The zero-order chi connectivity index (χ0) is 19.5. The predicted molar refractivity (Wildman–Crippen MR) is 110 cm³/mol. The number of hydrogen-bond donors (Lipinski definition) is 1. The van der Waals surface area contributed by atoms with Crippen molar-refractivity contribution in [1.29, 1.82) is 0 Å². The highest BCUT2D eigenvalue weighted by molar-refractivity contribution is 5.73. The molecule has 2 aliphatic rings. The number of rotatable bonds is 4. The molecule has 148 valence electrons. The minimum absolute atomic E-state index is 0.0376. The predicted octanol–water partition coefficient (Wildman–Crippen LogP) is 4.89. The first-order valence-corrected chi connectivity index (χ1v) is 10.3. The van der Waals surface area contributed by atoms with E-state index >= 15 is 0 Å². The standard InChI is InChI=1S/C24H29NO3/c1-16(26)25-22-15-24(28-23-9-4-3-8-21(22)23)18-12-10-17(11-13-18)19-6-5-7-20(14-19)27-2/h5-7,10-14,21-24H,3-4,8-9,15H2,1-2H3,(H,25,26)/t21-,22+,23+,24+/m0/s1. The summed E-state index contributed by atoms with van der Waals surface area (Å²) in [6.45, 7) is 1.62. The molecule has 4 atom stereocenters. The molecular weight excluding hydrogens is 350 g/mol. The lowest BCUT2D eigenvalue weighted by Crippen LogP contribution is -2.50. The summed E-state index contributed by atoms with van der Waals surface area (Å²) in [5, 5.41) is 3.20. The Kier molecular flexibility index (Phi) is 5.67. The van der Waals surface area contributed by atoms with E-state index in [2.05, 4.69) is 35.6 Å². The molecule has 1 saturated carbocycles. The number of amides is 1. The highest BCUT2D eigenvalue weighted by Crippen LogP contribution is 2.41. The van der Waals surface area contributed by atoms with Crippen molar-refractivity contribution in [3.63, 3.8) is 0 Å². The molecule has 2 aromatic rings. The Balaban J connectivity index is 1.53. The number of nitrogens with one attached hydrogen (secondary N) is 1. The summed E-state index contributed by atoms with van der Waals surface area (Å²) in [4.78, 5) is 11.7. The third-order valence-corrected chi connectivity index (χ3v) is 6.15. The smallest absolute Gasteiger partial charge is 0.217 e. The van der Waals surface area contributed by atoms with Crippen LogP contribution in [0.1, 0.15) is 50.7 Å². The molecule has 0 bridgehead atoms. The lowest BCUT2D eigenvalue weighted by atomic mass is 9.76. The van der Waals surface area contributed by atoms with Crippen molar-refractivity contribution in [3.8, 4) is 16.9 Å². The molecule has 4 nitrogen and oxygen atoms in total. The van der Waals surface area contributed by atoms with Gasteiger partial charge in [0.1, 0.15) is 5.75 Å². The Morgan fingerprint density at radius 3 is 2.61 bits per heavy atom. The Labute approximate surface area is 167 Å². The van der Waals surface area contributed by atoms with Crippen LogP contribution in [0.5, 0.6) is 5.75 Å². The van der Waals surface area contributed by atoms with Gasteiger partial charge >= 0.3 is 0 Å². The van der Waals surface area contributed by atoms with Crippen molar-refractivity contribution in [2.24, 2.45) is 5.92 Å². The molecule has 1 aliphatic heterocycles. The second kappa shape index (κ2) is 8.36. The second-order valence-electron chi connectivity index (χ2n) is 8.01. The summed E-state index contributed by atoms with van der Waals surface area (Å²) >= 11 is 0. The van der Waals surface area contributed by atoms with Gasteiger partial charge in [-0.25, -0.2) is 0 Å². The highest BCUT2D eigenvalue weighted by Gasteiger charge is 2.40. The maximum Gasteiger partial charge on any atom is 0.217 e. The fourth-order valence-corrected chi connectivity index (χ4v) is 4.76. The van der Waals surface area contributed by atoms with Gasteiger partial charge in [0.2, 0.25) is 5.91 Å². The van der Waals surface area contributed by atoms with Crippen LogP contribution >= 0.6 is 0 Å². The van der Waals surface area contributed by atoms with Crippen LogP contribution in [0.15, 0.2) is 48.5 Å². The van der Waals surface area contributed by atoms with Gasteiger partial charge in [0.25, 0.3) is 0 Å². The van der Waals surface area contributed by atoms with Crippen LogP contribution in [0.4, 0.5) is 0 Å². The van der Waals surface area contributed by atoms with E-state index < -0.39 is 0 Å². The van der Waals surface area contributed by atoms with Crippen molar-refractivity contribution < 1.29 is 14.3 Å². The molecule has 4 heteroatoms. The van der Waals surface area contributed by atoms with Gasteiger partial charge in [-0.15, -0.1) is 0 Å². The number of methoxy groups -OCH3 is 1. The van der Waals surface area contributed by atoms with Crippen LogP contribution < -0.4 is 10.1 Å². The van der Waals surface area contributed by atoms with Gasteiger partial charge in [0, 0.05) is 18.9 Å². The van der Waals surface area contributed by atoms with Crippen molar-refractivity contribution >= 4 is 5.91 Å². The molecule has 1 amide bonds. The topological polar surface area (TPSA) is 47.6 Å². The number of carbonyl (C=O) groups excluding carboxylic acids is 1. The van der Waals surface area contributed by atoms with Crippen LogP contribution in [0, 0.1) is 5.92 Å². The minimum atomic E-state index is 0.0376. The van der Waals surface area contributed by atoms with E-state index in [0.717, 1.165) is 36.1 Å². The monoisotopic (exact) mass is 379 g/mol. The van der Waals surface area contributed by atoms with Crippen molar-refractivity contribution in [2.45, 2.75) is 57.3 Å². The summed E-state index contributed by atoms with van der Waals surface area (Å²) in [5.74, 6) is 1.37. The molecule has 1 N–H and O–H groups in total. The molecule has 1 saturated heterocycles. The average Bonchev–Trinajstić information content (AvgIpc) is 2.73. The molecular formula is C24H29NO3. The van der Waals surface area contributed by atoms with Gasteiger partial charge in [0.05, 0.1) is 19.3 Å². The first-order valence-electron chi connectivity index (χ1n) is 10.3. The second-order valence-corrected chi connectivity index (χ2v) is 8.01. The molecule has 0 aromatic heterocycles. The molecule has 28 heavy (non-hydrogen) atoms. The number of ether oxygens (including phenoxy) is 2. The van der Waals surface area contributed by atoms with Gasteiger partial charge < -0.3 is 14.8 Å². The van der Waals surface area contributed by atoms with Gasteiger partial charge in [-0.2, -0.15) is 0 Å². The molecule has 0 unspecified atom stereocenters. The van der Waals surface area contributed by atoms with Crippen LogP contribution in [-0.4, -0.2) is 25.2 Å². The van der Waals surface area contributed by atoms with Gasteiger partial charge in [0.15, 0.2) is 0 Å². The maximum absolute atomic E-state index is 11.7. The third kappa shape index (κ3) is 4.07. The van der Waals surface area contributed by atoms with Crippen molar-refractivity contribution in [2.75, 3.05) is 7.11 Å². The lowest BCUT2D eigenvalue weighted by Gasteiger charge is -2.45.